The molecule has 4 atom stereocenters. The second kappa shape index (κ2) is 8.02. The molecule has 0 bridgehead atoms. The first-order valence-electron chi connectivity index (χ1n) is 11.6. The quantitative estimate of drug-likeness (QED) is 0.471. The van der Waals surface area contributed by atoms with Crippen molar-refractivity contribution in [2.75, 3.05) is 0 Å². The molecule has 0 amide bonds. The van der Waals surface area contributed by atoms with Gasteiger partial charge in [0.25, 0.3) is 0 Å². The van der Waals surface area contributed by atoms with Crippen LogP contribution in [-0.2, 0) is 11.8 Å². The summed E-state index contributed by atoms with van der Waals surface area (Å²) in [6.07, 6.45) is 10.9. The van der Waals surface area contributed by atoms with E-state index in [1.54, 1.807) is 12.1 Å². The van der Waals surface area contributed by atoms with Gasteiger partial charge in [-0.15, -0.1) is 0 Å². The van der Waals surface area contributed by atoms with Gasteiger partial charge in [0.1, 0.15) is 11.5 Å². The van der Waals surface area contributed by atoms with Crippen LogP contribution in [0.3, 0.4) is 0 Å². The third-order valence-electron chi connectivity index (χ3n) is 7.50. The average molecular weight is 423 g/mol. The van der Waals surface area contributed by atoms with Gasteiger partial charge in [0.05, 0.1) is 5.41 Å². The van der Waals surface area contributed by atoms with E-state index in [0.29, 0.717) is 11.7 Å². The largest absolute Gasteiger partial charge is 0.508 e. The zero-order chi connectivity index (χ0) is 22.3. The van der Waals surface area contributed by atoms with Crippen LogP contribution in [0, 0.1) is 11.8 Å². The molecule has 5 rings (SSSR count). The fraction of sp³-hybridized carbons (Fsp3) is 0.267. The molecule has 2 heteroatoms. The number of hydrogen-bond donors (Lipinski definition) is 2. The Balaban J connectivity index is 1.80. The van der Waals surface area contributed by atoms with E-state index >= 15 is 0 Å². The molecule has 0 heterocycles. The van der Waals surface area contributed by atoms with Gasteiger partial charge in [0, 0.05) is 11.8 Å². The van der Waals surface area contributed by atoms with E-state index in [4.69, 9.17) is 0 Å². The van der Waals surface area contributed by atoms with Crippen LogP contribution in [0.25, 0.3) is 0 Å². The minimum absolute atomic E-state index is 0.218. The molecule has 2 nitrogen and oxygen atoms in total. The summed E-state index contributed by atoms with van der Waals surface area (Å²) in [5.74, 6) is 1.65. The first-order chi connectivity index (χ1) is 15.6. The highest BCUT2D eigenvalue weighted by molar-refractivity contribution is 5.63. The Morgan fingerprint density at radius 3 is 2.38 bits per heavy atom. The molecule has 0 fully saturated rings. The highest BCUT2D eigenvalue weighted by atomic mass is 16.3. The van der Waals surface area contributed by atoms with E-state index in [2.05, 4.69) is 86.7 Å². The Morgan fingerprint density at radius 1 is 0.875 bits per heavy atom. The lowest BCUT2D eigenvalue weighted by Gasteiger charge is -2.39. The number of phenols is 2. The van der Waals surface area contributed by atoms with Gasteiger partial charge in [-0.25, -0.2) is 0 Å². The first kappa shape index (κ1) is 20.6. The molecule has 32 heavy (non-hydrogen) atoms. The first-order valence-corrected chi connectivity index (χ1v) is 11.6. The van der Waals surface area contributed by atoms with Crippen molar-refractivity contribution in [3.8, 4) is 11.5 Å². The normalized spacial score (nSPS) is 24.2. The molecule has 2 aliphatic rings. The molecule has 4 unspecified atom stereocenters. The van der Waals surface area contributed by atoms with Crippen LogP contribution in [-0.4, -0.2) is 10.2 Å². The molecular weight excluding hydrogens is 392 g/mol. The van der Waals surface area contributed by atoms with Gasteiger partial charge in [0.2, 0.25) is 0 Å². The third kappa shape index (κ3) is 3.09. The number of phenolic OH excluding ortho intramolecular Hbond substituents is 2. The fourth-order valence-electron chi connectivity index (χ4n) is 5.75. The van der Waals surface area contributed by atoms with Crippen molar-refractivity contribution >= 4 is 0 Å². The van der Waals surface area contributed by atoms with Crippen LogP contribution < -0.4 is 0 Å². The lowest BCUT2D eigenvalue weighted by molar-refractivity contribution is 0.443. The van der Waals surface area contributed by atoms with E-state index in [1.165, 1.54) is 16.7 Å². The number of benzene rings is 3. The minimum Gasteiger partial charge on any atom is -0.508 e. The predicted octanol–water partition coefficient (Wildman–Crippen LogP) is 6.86. The van der Waals surface area contributed by atoms with Crippen molar-refractivity contribution in [2.24, 2.45) is 11.8 Å². The Bertz CT molecular complexity index is 1190. The van der Waals surface area contributed by atoms with Crippen molar-refractivity contribution in [2.45, 2.75) is 38.0 Å². The molecule has 0 aromatic heterocycles. The van der Waals surface area contributed by atoms with Gasteiger partial charge in [-0.1, -0.05) is 93.1 Å². The summed E-state index contributed by atoms with van der Waals surface area (Å²) in [5, 5.41) is 20.7. The molecule has 2 aliphatic carbocycles. The molecule has 0 aliphatic heterocycles. The van der Waals surface area contributed by atoms with Crippen molar-refractivity contribution in [3.05, 3.63) is 119 Å². The lowest BCUT2D eigenvalue weighted by atomic mass is 9.63. The summed E-state index contributed by atoms with van der Waals surface area (Å²) >= 11 is 0. The summed E-state index contributed by atoms with van der Waals surface area (Å²) in [4.78, 5) is 0. The van der Waals surface area contributed by atoms with Crippen LogP contribution in [0.4, 0.5) is 0 Å². The smallest absolute Gasteiger partial charge is 0.118 e. The molecule has 0 radical (unpaired) electrons. The highest BCUT2D eigenvalue weighted by Gasteiger charge is 2.52. The van der Waals surface area contributed by atoms with Gasteiger partial charge in [0.15, 0.2) is 0 Å². The standard InChI is InChI=1S/C30H30O2/c1-3-20(2)18-21-19-23(14-17-29(21)32)30(22-12-15-24(31)16-13-22)27-10-6-4-8-25(27)26-9-5-7-11-28(26)30/h4-17,19-20,25,27,31-32H,3,18H2,1-2H3. The summed E-state index contributed by atoms with van der Waals surface area (Å²) in [7, 11) is 0. The highest BCUT2D eigenvalue weighted by Crippen LogP contribution is 2.59. The fourth-order valence-corrected chi connectivity index (χ4v) is 5.75. The predicted molar refractivity (Wildman–Crippen MR) is 130 cm³/mol. The van der Waals surface area contributed by atoms with Crippen molar-refractivity contribution in [1.82, 2.24) is 0 Å². The van der Waals surface area contributed by atoms with E-state index in [1.807, 2.05) is 6.07 Å². The summed E-state index contributed by atoms with van der Waals surface area (Å²) in [6.45, 7) is 4.43. The monoisotopic (exact) mass is 422 g/mol. The molecule has 2 N–H and O–H groups in total. The molecule has 162 valence electrons. The number of rotatable bonds is 5. The third-order valence-corrected chi connectivity index (χ3v) is 7.50. The van der Waals surface area contributed by atoms with Crippen LogP contribution in [0.15, 0.2) is 91.0 Å². The van der Waals surface area contributed by atoms with E-state index in [9.17, 15) is 10.2 Å². The van der Waals surface area contributed by atoms with Gasteiger partial charge >= 0.3 is 0 Å². The van der Waals surface area contributed by atoms with Gasteiger partial charge in [-0.05, 0) is 58.4 Å². The number of allylic oxidation sites excluding steroid dienone is 4. The van der Waals surface area contributed by atoms with Gasteiger partial charge < -0.3 is 10.2 Å². The zero-order valence-corrected chi connectivity index (χ0v) is 18.7. The number of fused-ring (bicyclic) bond motifs is 3. The minimum atomic E-state index is -0.395. The molecule has 3 aromatic rings. The molecular formula is C30H30O2. The Labute approximate surface area is 190 Å². The second-order valence-corrected chi connectivity index (χ2v) is 9.32. The summed E-state index contributed by atoms with van der Waals surface area (Å²) in [6, 6.07) is 22.6. The molecule has 3 aromatic carbocycles. The Kier molecular flexibility index (Phi) is 5.17. The van der Waals surface area contributed by atoms with E-state index < -0.39 is 5.41 Å². The van der Waals surface area contributed by atoms with Gasteiger partial charge in [-0.2, -0.15) is 0 Å². The zero-order valence-electron chi connectivity index (χ0n) is 18.7. The number of aromatic hydroxyl groups is 2. The summed E-state index contributed by atoms with van der Waals surface area (Å²) < 4.78 is 0. The van der Waals surface area contributed by atoms with Crippen molar-refractivity contribution < 1.29 is 10.2 Å². The van der Waals surface area contributed by atoms with Crippen molar-refractivity contribution in [1.29, 1.82) is 0 Å². The van der Waals surface area contributed by atoms with Crippen LogP contribution in [0.5, 0.6) is 11.5 Å². The molecule has 0 spiro atoms. The van der Waals surface area contributed by atoms with Crippen LogP contribution in [0.1, 0.15) is 54.0 Å². The molecule has 0 saturated heterocycles. The Hall–Kier alpha value is -3.26. The molecule has 0 saturated carbocycles. The van der Waals surface area contributed by atoms with Crippen LogP contribution in [0.2, 0.25) is 0 Å². The Morgan fingerprint density at radius 2 is 1.59 bits per heavy atom. The maximum absolute atomic E-state index is 10.7. The maximum Gasteiger partial charge on any atom is 0.118 e. The topological polar surface area (TPSA) is 40.5 Å². The lowest BCUT2D eigenvalue weighted by Crippen LogP contribution is -2.35. The second-order valence-electron chi connectivity index (χ2n) is 9.32. The SMILES string of the molecule is CCC(C)Cc1cc(C2(c3ccc(O)cc3)c3ccccc3C3C=CC=CC32)ccc1O. The average Bonchev–Trinajstić information content (AvgIpc) is 3.12. The summed E-state index contributed by atoms with van der Waals surface area (Å²) in [5.41, 5.74) is 5.62. The van der Waals surface area contributed by atoms with E-state index in [-0.39, 0.29) is 17.6 Å². The maximum atomic E-state index is 10.7. The van der Waals surface area contributed by atoms with E-state index in [0.717, 1.165) is 24.0 Å². The van der Waals surface area contributed by atoms with Gasteiger partial charge in [-0.3, -0.25) is 0 Å². The van der Waals surface area contributed by atoms with Crippen molar-refractivity contribution in [3.63, 3.8) is 0 Å². The van der Waals surface area contributed by atoms with Crippen LogP contribution >= 0.6 is 0 Å². The number of hydrogen-bond acceptors (Lipinski definition) is 2.